The van der Waals surface area contributed by atoms with Crippen LogP contribution < -0.4 is 5.32 Å². The summed E-state index contributed by atoms with van der Waals surface area (Å²) in [5.41, 5.74) is 1.72. The molecule has 0 spiro atoms. The first kappa shape index (κ1) is 14.0. The van der Waals surface area contributed by atoms with Crippen molar-refractivity contribution in [2.75, 3.05) is 11.1 Å². The molecule has 0 aliphatic carbocycles. The topological polar surface area (TPSA) is 29.1 Å². The van der Waals surface area contributed by atoms with Gasteiger partial charge in [0, 0.05) is 16.5 Å². The molecule has 0 aromatic heterocycles. The molecular formula is C15H14ClNOS. The Kier molecular flexibility index (Phi) is 5.31. The second kappa shape index (κ2) is 7.22. The van der Waals surface area contributed by atoms with Crippen LogP contribution in [0.2, 0.25) is 0 Å². The maximum Gasteiger partial charge on any atom is 0.234 e. The molecule has 98 valence electrons. The van der Waals surface area contributed by atoms with Crippen molar-refractivity contribution >= 4 is 35.0 Å². The lowest BCUT2D eigenvalue weighted by Gasteiger charge is -2.08. The van der Waals surface area contributed by atoms with Gasteiger partial charge in [0.15, 0.2) is 0 Å². The molecule has 0 fully saturated rings. The molecule has 0 bridgehead atoms. The molecule has 0 saturated carbocycles. The predicted octanol–water partition coefficient (Wildman–Crippen LogP) is 4.16. The van der Waals surface area contributed by atoms with Crippen molar-refractivity contribution in [1.29, 1.82) is 0 Å². The number of hydrogen-bond acceptors (Lipinski definition) is 2. The smallest absolute Gasteiger partial charge is 0.234 e. The number of anilines is 1. The molecule has 1 N–H and O–H groups in total. The van der Waals surface area contributed by atoms with E-state index in [0.29, 0.717) is 11.6 Å². The Morgan fingerprint density at radius 3 is 2.47 bits per heavy atom. The molecule has 2 nitrogen and oxygen atoms in total. The molecule has 2 rings (SSSR count). The largest absolute Gasteiger partial charge is 0.325 e. The van der Waals surface area contributed by atoms with Gasteiger partial charge in [0.2, 0.25) is 5.91 Å². The zero-order chi connectivity index (χ0) is 13.5. The number of hydrogen-bond donors (Lipinski definition) is 1. The minimum absolute atomic E-state index is 0.0218. The Morgan fingerprint density at radius 2 is 1.74 bits per heavy atom. The average molecular weight is 292 g/mol. The van der Waals surface area contributed by atoms with E-state index in [1.807, 2.05) is 54.6 Å². The lowest BCUT2D eigenvalue weighted by atomic mass is 10.2. The molecule has 2 aromatic rings. The van der Waals surface area contributed by atoms with Crippen molar-refractivity contribution in [3.8, 4) is 0 Å². The molecule has 0 aliphatic heterocycles. The van der Waals surface area contributed by atoms with Crippen LogP contribution in [0.4, 0.5) is 5.69 Å². The molecular weight excluding hydrogens is 278 g/mol. The zero-order valence-electron chi connectivity index (χ0n) is 10.3. The number of para-hydroxylation sites is 1. The fourth-order valence-electron chi connectivity index (χ4n) is 1.61. The Hall–Kier alpha value is -1.45. The van der Waals surface area contributed by atoms with E-state index >= 15 is 0 Å². The third-order valence-electron chi connectivity index (χ3n) is 2.55. The van der Waals surface area contributed by atoms with Crippen LogP contribution in [0.1, 0.15) is 5.56 Å². The third-order valence-corrected chi connectivity index (χ3v) is 3.85. The molecule has 4 heteroatoms. The van der Waals surface area contributed by atoms with Crippen molar-refractivity contribution in [2.24, 2.45) is 0 Å². The molecule has 0 radical (unpaired) electrons. The van der Waals surface area contributed by atoms with Crippen molar-refractivity contribution in [1.82, 2.24) is 0 Å². The second-order valence-electron chi connectivity index (χ2n) is 3.94. The molecule has 19 heavy (non-hydrogen) atoms. The highest BCUT2D eigenvalue weighted by molar-refractivity contribution is 8.00. The van der Waals surface area contributed by atoms with Crippen LogP contribution in [0.25, 0.3) is 0 Å². The first-order valence-electron chi connectivity index (χ1n) is 5.91. The maximum absolute atomic E-state index is 11.9. The fraction of sp³-hybridized carbons (Fsp3) is 0.133. The monoisotopic (exact) mass is 291 g/mol. The van der Waals surface area contributed by atoms with Crippen LogP contribution in [-0.2, 0) is 10.7 Å². The van der Waals surface area contributed by atoms with E-state index in [4.69, 9.17) is 11.6 Å². The second-order valence-corrected chi connectivity index (χ2v) is 5.26. The van der Waals surface area contributed by atoms with Crippen molar-refractivity contribution in [3.05, 3.63) is 60.2 Å². The quantitative estimate of drug-likeness (QED) is 0.662. The SMILES string of the molecule is O=C(CSc1ccccc1)Nc1ccccc1CCl. The average Bonchev–Trinajstić information content (AvgIpc) is 2.47. The summed E-state index contributed by atoms with van der Waals surface area (Å²) >= 11 is 7.35. The fourth-order valence-corrected chi connectivity index (χ4v) is 2.56. The number of alkyl halides is 1. The lowest BCUT2D eigenvalue weighted by molar-refractivity contribution is -0.113. The van der Waals surface area contributed by atoms with Crippen LogP contribution in [0.15, 0.2) is 59.5 Å². The van der Waals surface area contributed by atoms with Crippen LogP contribution in [-0.4, -0.2) is 11.7 Å². The Balaban J connectivity index is 1.91. The maximum atomic E-state index is 11.9. The molecule has 0 heterocycles. The van der Waals surface area contributed by atoms with Gasteiger partial charge >= 0.3 is 0 Å². The summed E-state index contributed by atoms with van der Waals surface area (Å²) in [6.45, 7) is 0. The van der Waals surface area contributed by atoms with Gasteiger partial charge in [-0.2, -0.15) is 0 Å². The van der Waals surface area contributed by atoms with Gasteiger partial charge in [-0.3, -0.25) is 4.79 Å². The minimum atomic E-state index is -0.0218. The van der Waals surface area contributed by atoms with Crippen LogP contribution in [0, 0.1) is 0 Å². The van der Waals surface area contributed by atoms with Crippen LogP contribution in [0.5, 0.6) is 0 Å². The summed E-state index contributed by atoms with van der Waals surface area (Å²) in [4.78, 5) is 13.0. The van der Waals surface area contributed by atoms with E-state index in [0.717, 1.165) is 16.1 Å². The number of benzene rings is 2. The first-order chi connectivity index (χ1) is 9.29. The van der Waals surface area contributed by atoms with Gasteiger partial charge < -0.3 is 5.32 Å². The summed E-state index contributed by atoms with van der Waals surface area (Å²) in [5, 5.41) is 2.89. The van der Waals surface area contributed by atoms with Crippen molar-refractivity contribution in [2.45, 2.75) is 10.8 Å². The summed E-state index contributed by atoms with van der Waals surface area (Å²) in [6, 6.07) is 17.4. The van der Waals surface area contributed by atoms with Gasteiger partial charge in [0.1, 0.15) is 0 Å². The molecule has 0 atom stereocenters. The van der Waals surface area contributed by atoms with E-state index in [1.54, 1.807) is 0 Å². The van der Waals surface area contributed by atoms with E-state index in [-0.39, 0.29) is 5.91 Å². The lowest BCUT2D eigenvalue weighted by Crippen LogP contribution is -2.15. The van der Waals surface area contributed by atoms with Gasteiger partial charge in [-0.25, -0.2) is 0 Å². The van der Waals surface area contributed by atoms with E-state index in [9.17, 15) is 4.79 Å². The molecule has 0 aliphatic rings. The van der Waals surface area contributed by atoms with Gasteiger partial charge in [0.25, 0.3) is 0 Å². The van der Waals surface area contributed by atoms with Gasteiger partial charge in [-0.1, -0.05) is 36.4 Å². The van der Waals surface area contributed by atoms with E-state index < -0.39 is 0 Å². The Bertz CT molecular complexity index is 545. The highest BCUT2D eigenvalue weighted by atomic mass is 35.5. The Labute approximate surface area is 122 Å². The summed E-state index contributed by atoms with van der Waals surface area (Å²) in [5.74, 6) is 0.759. The number of halogens is 1. The summed E-state index contributed by atoms with van der Waals surface area (Å²) < 4.78 is 0. The zero-order valence-corrected chi connectivity index (χ0v) is 11.9. The van der Waals surface area contributed by atoms with E-state index in [1.165, 1.54) is 11.8 Å². The molecule has 1 amide bonds. The number of rotatable bonds is 5. The van der Waals surface area contributed by atoms with Crippen LogP contribution >= 0.6 is 23.4 Å². The highest BCUT2D eigenvalue weighted by Gasteiger charge is 2.06. The number of carbonyl (C=O) groups excluding carboxylic acids is 1. The third kappa shape index (κ3) is 4.30. The summed E-state index contributed by atoms with van der Waals surface area (Å²) in [6.07, 6.45) is 0. The molecule has 2 aromatic carbocycles. The molecule has 0 unspecified atom stereocenters. The van der Waals surface area contributed by atoms with Gasteiger partial charge in [-0.05, 0) is 23.8 Å². The van der Waals surface area contributed by atoms with Crippen molar-refractivity contribution < 1.29 is 4.79 Å². The van der Waals surface area contributed by atoms with E-state index in [2.05, 4.69) is 5.32 Å². The minimum Gasteiger partial charge on any atom is -0.325 e. The first-order valence-corrected chi connectivity index (χ1v) is 7.43. The normalized spacial score (nSPS) is 10.2. The van der Waals surface area contributed by atoms with Crippen LogP contribution in [0.3, 0.4) is 0 Å². The Morgan fingerprint density at radius 1 is 1.05 bits per heavy atom. The number of amides is 1. The number of carbonyl (C=O) groups is 1. The number of thioether (sulfide) groups is 1. The predicted molar refractivity (Wildman–Crippen MR) is 81.8 cm³/mol. The van der Waals surface area contributed by atoms with Gasteiger partial charge in [-0.15, -0.1) is 23.4 Å². The highest BCUT2D eigenvalue weighted by Crippen LogP contribution is 2.20. The summed E-state index contributed by atoms with van der Waals surface area (Å²) in [7, 11) is 0. The van der Waals surface area contributed by atoms with Gasteiger partial charge in [0.05, 0.1) is 5.75 Å². The van der Waals surface area contributed by atoms with Crippen molar-refractivity contribution in [3.63, 3.8) is 0 Å². The standard InChI is InChI=1S/C15H14ClNOS/c16-10-12-6-4-5-9-14(12)17-15(18)11-19-13-7-2-1-3-8-13/h1-9H,10-11H2,(H,17,18). The molecule has 0 saturated heterocycles. The number of nitrogens with one attached hydrogen (secondary N) is 1.